The van der Waals surface area contributed by atoms with Crippen molar-refractivity contribution in [1.82, 2.24) is 19.0 Å². The number of aryl methyl sites for hydroxylation is 1. The maximum atomic E-state index is 12.8. The van der Waals surface area contributed by atoms with Crippen molar-refractivity contribution >= 4 is 15.8 Å². The molecule has 7 nitrogen and oxygen atoms in total. The molecule has 0 radical (unpaired) electrons. The molecular weight excluding hydrogens is 278 g/mol. The zero-order chi connectivity index (χ0) is 15.1. The quantitative estimate of drug-likeness (QED) is 0.851. The zero-order valence-electron chi connectivity index (χ0n) is 12.5. The average molecular weight is 301 g/mol. The van der Waals surface area contributed by atoms with Gasteiger partial charge in [-0.25, -0.2) is 8.42 Å². The molecule has 1 aliphatic rings. The molecule has 0 amide bonds. The number of likely N-dealkylation sites (N-methyl/N-ethyl adjacent to an activating group) is 1. The molecule has 20 heavy (non-hydrogen) atoms. The molecule has 2 rings (SSSR count). The van der Waals surface area contributed by atoms with Gasteiger partial charge in [-0.2, -0.15) is 9.40 Å². The van der Waals surface area contributed by atoms with Crippen molar-refractivity contribution in [1.29, 1.82) is 0 Å². The number of nitrogen functional groups attached to an aromatic ring is 1. The van der Waals surface area contributed by atoms with Crippen LogP contribution >= 0.6 is 0 Å². The van der Waals surface area contributed by atoms with Crippen LogP contribution in [-0.4, -0.2) is 60.1 Å². The maximum Gasteiger partial charge on any atom is 0.248 e. The van der Waals surface area contributed by atoms with Crippen molar-refractivity contribution in [2.75, 3.05) is 32.4 Å². The standard InChI is InChI=1S/C12H23N5O2S/c1-5-10-8-17(7-6-15(10)3)20(18,19)11-9(2)16(4)14-12(11)13/h10H,5-8H2,1-4H3,(H2,13,14). The smallest absolute Gasteiger partial charge is 0.248 e. The van der Waals surface area contributed by atoms with E-state index in [1.54, 1.807) is 14.0 Å². The van der Waals surface area contributed by atoms with Gasteiger partial charge in [-0.3, -0.25) is 4.68 Å². The lowest BCUT2D eigenvalue weighted by Crippen LogP contribution is -2.52. The molecule has 1 saturated heterocycles. The minimum Gasteiger partial charge on any atom is -0.381 e. The molecule has 8 heteroatoms. The lowest BCUT2D eigenvalue weighted by Gasteiger charge is -2.38. The predicted molar refractivity (Wildman–Crippen MR) is 77.8 cm³/mol. The van der Waals surface area contributed by atoms with Gasteiger partial charge >= 0.3 is 0 Å². The highest BCUT2D eigenvalue weighted by molar-refractivity contribution is 7.89. The largest absolute Gasteiger partial charge is 0.381 e. The van der Waals surface area contributed by atoms with Gasteiger partial charge < -0.3 is 10.6 Å². The number of hydrogen-bond acceptors (Lipinski definition) is 5. The Morgan fingerprint density at radius 1 is 1.35 bits per heavy atom. The number of sulfonamides is 1. The van der Waals surface area contributed by atoms with Gasteiger partial charge in [-0.15, -0.1) is 0 Å². The number of nitrogens with two attached hydrogens (primary N) is 1. The van der Waals surface area contributed by atoms with Gasteiger partial charge in [0.2, 0.25) is 10.0 Å². The van der Waals surface area contributed by atoms with Crippen molar-refractivity contribution in [3.8, 4) is 0 Å². The number of piperazine rings is 1. The van der Waals surface area contributed by atoms with E-state index < -0.39 is 10.0 Å². The van der Waals surface area contributed by atoms with Gasteiger partial charge in [-0.05, 0) is 20.4 Å². The summed E-state index contributed by atoms with van der Waals surface area (Å²) in [7, 11) is 0.157. The van der Waals surface area contributed by atoms with Crippen LogP contribution in [-0.2, 0) is 17.1 Å². The average Bonchev–Trinajstić information content (AvgIpc) is 2.63. The lowest BCUT2D eigenvalue weighted by molar-refractivity contribution is 0.144. The number of aromatic nitrogens is 2. The number of rotatable bonds is 3. The van der Waals surface area contributed by atoms with Crippen molar-refractivity contribution in [2.24, 2.45) is 7.05 Å². The van der Waals surface area contributed by atoms with E-state index in [1.165, 1.54) is 8.99 Å². The van der Waals surface area contributed by atoms with Crippen molar-refractivity contribution < 1.29 is 8.42 Å². The van der Waals surface area contributed by atoms with Crippen molar-refractivity contribution in [2.45, 2.75) is 31.2 Å². The maximum absolute atomic E-state index is 12.8. The van der Waals surface area contributed by atoms with E-state index in [1.807, 2.05) is 7.05 Å². The van der Waals surface area contributed by atoms with Crippen molar-refractivity contribution in [3.63, 3.8) is 0 Å². The fourth-order valence-electron chi connectivity index (χ4n) is 2.64. The van der Waals surface area contributed by atoms with Gasteiger partial charge in [0.1, 0.15) is 4.90 Å². The number of hydrogen-bond donors (Lipinski definition) is 1. The Morgan fingerprint density at radius 2 is 2.00 bits per heavy atom. The summed E-state index contributed by atoms with van der Waals surface area (Å²) < 4.78 is 28.6. The van der Waals surface area contributed by atoms with E-state index in [-0.39, 0.29) is 16.8 Å². The summed E-state index contributed by atoms with van der Waals surface area (Å²) in [5, 5.41) is 4.00. The van der Waals surface area contributed by atoms with E-state index in [9.17, 15) is 8.42 Å². The van der Waals surface area contributed by atoms with E-state index >= 15 is 0 Å². The fraction of sp³-hybridized carbons (Fsp3) is 0.750. The molecule has 0 bridgehead atoms. The van der Waals surface area contributed by atoms with Gasteiger partial charge in [0.25, 0.3) is 0 Å². The summed E-state index contributed by atoms with van der Waals surface area (Å²) in [4.78, 5) is 2.35. The summed E-state index contributed by atoms with van der Waals surface area (Å²) in [6, 6.07) is 0.247. The molecule has 0 spiro atoms. The third-order valence-electron chi connectivity index (χ3n) is 4.11. The van der Waals surface area contributed by atoms with Gasteiger partial charge in [0.15, 0.2) is 5.82 Å². The van der Waals surface area contributed by atoms with E-state index in [4.69, 9.17) is 5.73 Å². The molecule has 0 aliphatic carbocycles. The third kappa shape index (κ3) is 2.43. The Balaban J connectivity index is 2.36. The third-order valence-corrected chi connectivity index (χ3v) is 6.15. The van der Waals surface area contributed by atoms with Crippen LogP contribution in [0.5, 0.6) is 0 Å². The molecule has 1 aliphatic heterocycles. The molecule has 114 valence electrons. The van der Waals surface area contributed by atoms with Gasteiger partial charge in [0, 0.05) is 32.7 Å². The highest BCUT2D eigenvalue weighted by Gasteiger charge is 2.35. The summed E-state index contributed by atoms with van der Waals surface area (Å²) >= 11 is 0. The highest BCUT2D eigenvalue weighted by Crippen LogP contribution is 2.27. The molecule has 1 unspecified atom stereocenters. The summed E-state index contributed by atoms with van der Waals surface area (Å²) in [5.74, 6) is 0.0805. The molecule has 1 aromatic rings. The normalized spacial score (nSPS) is 22.3. The molecule has 1 fully saturated rings. The minimum atomic E-state index is -3.57. The Morgan fingerprint density at radius 3 is 2.50 bits per heavy atom. The zero-order valence-corrected chi connectivity index (χ0v) is 13.3. The minimum absolute atomic E-state index is 0.0805. The number of nitrogens with zero attached hydrogens (tertiary/aromatic N) is 4. The second-order valence-corrected chi connectivity index (χ2v) is 7.20. The number of anilines is 1. The second-order valence-electron chi connectivity index (χ2n) is 5.33. The summed E-state index contributed by atoms with van der Waals surface area (Å²) in [6.07, 6.45) is 0.921. The lowest BCUT2D eigenvalue weighted by atomic mass is 10.1. The first kappa shape index (κ1) is 15.3. The van der Waals surface area contributed by atoms with Crippen LogP contribution in [0.15, 0.2) is 4.90 Å². The summed E-state index contributed by atoms with van der Waals surface area (Å²) in [5.41, 5.74) is 6.36. The van der Waals surface area contributed by atoms with E-state index in [2.05, 4.69) is 16.9 Å². The molecule has 1 aromatic heterocycles. The first-order valence-electron chi connectivity index (χ1n) is 6.78. The first-order valence-corrected chi connectivity index (χ1v) is 8.22. The molecule has 1 atom stereocenters. The van der Waals surface area contributed by atoms with Gasteiger partial charge in [0.05, 0.1) is 5.69 Å². The predicted octanol–water partition coefficient (Wildman–Crippen LogP) is 0.0254. The Hall–Kier alpha value is -1.12. The summed E-state index contributed by atoms with van der Waals surface area (Å²) in [6.45, 7) is 5.52. The SMILES string of the molecule is CCC1CN(S(=O)(=O)c2c(N)nn(C)c2C)CCN1C. The van der Waals surface area contributed by atoms with Crippen LogP contribution in [0.4, 0.5) is 5.82 Å². The van der Waals surface area contributed by atoms with Crippen LogP contribution in [0.3, 0.4) is 0 Å². The van der Waals surface area contributed by atoms with Crippen molar-refractivity contribution in [3.05, 3.63) is 5.69 Å². The highest BCUT2D eigenvalue weighted by atomic mass is 32.2. The fourth-order valence-corrected chi connectivity index (χ4v) is 4.40. The van der Waals surface area contributed by atoms with Crippen LogP contribution in [0.1, 0.15) is 19.0 Å². The molecule has 2 N–H and O–H groups in total. The Bertz CT molecular complexity index is 595. The van der Waals surface area contributed by atoms with Crippen LogP contribution < -0.4 is 5.73 Å². The Labute approximate surface area is 120 Å². The topological polar surface area (TPSA) is 84.5 Å². The van der Waals surface area contributed by atoms with Crippen LogP contribution in [0.2, 0.25) is 0 Å². The second kappa shape index (κ2) is 5.34. The molecule has 0 saturated carbocycles. The van der Waals surface area contributed by atoms with Gasteiger partial charge in [-0.1, -0.05) is 6.92 Å². The Kier molecular flexibility index (Phi) is 4.08. The molecular formula is C12H23N5O2S. The van der Waals surface area contributed by atoms with E-state index in [0.29, 0.717) is 18.8 Å². The van der Waals surface area contributed by atoms with Crippen LogP contribution in [0, 0.1) is 6.92 Å². The first-order chi connectivity index (χ1) is 9.28. The molecule has 0 aromatic carbocycles. The van der Waals surface area contributed by atoms with E-state index in [0.717, 1.165) is 13.0 Å². The molecule has 2 heterocycles. The van der Waals surface area contributed by atoms with Crippen LogP contribution in [0.25, 0.3) is 0 Å². The monoisotopic (exact) mass is 301 g/mol.